The van der Waals surface area contributed by atoms with Crippen molar-refractivity contribution in [2.24, 2.45) is 0 Å². The Bertz CT molecular complexity index is 354. The molecule has 0 bridgehead atoms. The molecule has 76 valence electrons. The lowest BCUT2D eigenvalue weighted by atomic mass is 10.1. The van der Waals surface area contributed by atoms with Gasteiger partial charge in [-0.3, -0.25) is 5.32 Å². The molecule has 1 aromatic rings. The minimum atomic E-state index is -1.17. The number of amides is 1. The van der Waals surface area contributed by atoms with Crippen LogP contribution < -0.4 is 5.32 Å². The lowest BCUT2D eigenvalue weighted by molar-refractivity contribution is 0.209. The third-order valence-corrected chi connectivity index (χ3v) is 1.93. The second kappa shape index (κ2) is 4.23. The molecule has 1 heterocycles. The molecule has 1 rings (SSSR count). The summed E-state index contributed by atoms with van der Waals surface area (Å²) in [6, 6.07) is 1.58. The summed E-state index contributed by atoms with van der Waals surface area (Å²) in [5, 5.41) is 18.1. The van der Waals surface area contributed by atoms with E-state index in [0.717, 1.165) is 5.56 Å². The maximum Gasteiger partial charge on any atom is 0.410 e. The molecule has 0 aliphatic carbocycles. The van der Waals surface area contributed by atoms with E-state index in [0.29, 0.717) is 5.15 Å². The van der Waals surface area contributed by atoms with Crippen LogP contribution in [0.3, 0.4) is 0 Å². The van der Waals surface area contributed by atoms with Gasteiger partial charge in [0.05, 0.1) is 0 Å². The number of hydrogen-bond donors (Lipinski definition) is 2. The van der Waals surface area contributed by atoms with E-state index in [-0.39, 0.29) is 11.7 Å². The van der Waals surface area contributed by atoms with Crippen molar-refractivity contribution in [2.45, 2.75) is 19.8 Å². The van der Waals surface area contributed by atoms with Gasteiger partial charge >= 0.3 is 6.09 Å². The quantitative estimate of drug-likeness (QED) is 0.794. The summed E-state index contributed by atoms with van der Waals surface area (Å²) >= 11 is 5.78. The minimum absolute atomic E-state index is 0.173. The molecule has 14 heavy (non-hydrogen) atoms. The highest BCUT2D eigenvalue weighted by Crippen LogP contribution is 2.23. The number of halogens is 1. The Balaban J connectivity index is 3.00. The minimum Gasteiger partial charge on any atom is -0.465 e. The van der Waals surface area contributed by atoms with Crippen molar-refractivity contribution in [2.75, 3.05) is 5.32 Å². The average Bonchev–Trinajstić information content (AvgIpc) is 2.07. The fourth-order valence-electron chi connectivity index (χ4n) is 0.967. The molecule has 1 aromatic heterocycles. The number of carbonyl (C=O) groups is 1. The number of rotatable bonds is 2. The lowest BCUT2D eigenvalue weighted by Crippen LogP contribution is -2.10. The van der Waals surface area contributed by atoms with Crippen molar-refractivity contribution < 1.29 is 9.90 Å². The van der Waals surface area contributed by atoms with Gasteiger partial charge in [0, 0.05) is 0 Å². The Morgan fingerprint density at radius 3 is 2.71 bits per heavy atom. The van der Waals surface area contributed by atoms with E-state index >= 15 is 0 Å². The van der Waals surface area contributed by atoms with Crippen LogP contribution in [0.4, 0.5) is 10.6 Å². The maximum absolute atomic E-state index is 10.3. The summed E-state index contributed by atoms with van der Waals surface area (Å²) in [5.74, 6) is 0.359. The SMILES string of the molecule is CC(C)c1cc(NC(=O)O)nnc1Cl. The second-order valence-electron chi connectivity index (χ2n) is 3.06. The number of nitrogens with one attached hydrogen (secondary N) is 1. The molecule has 0 saturated heterocycles. The molecular weight excluding hydrogens is 206 g/mol. The summed E-state index contributed by atoms with van der Waals surface area (Å²) in [5.41, 5.74) is 0.769. The molecule has 0 atom stereocenters. The number of aromatic nitrogens is 2. The van der Waals surface area contributed by atoms with E-state index in [1.165, 1.54) is 0 Å². The van der Waals surface area contributed by atoms with Crippen LogP contribution >= 0.6 is 11.6 Å². The molecule has 2 N–H and O–H groups in total. The van der Waals surface area contributed by atoms with Gasteiger partial charge in [-0.1, -0.05) is 25.4 Å². The zero-order valence-corrected chi connectivity index (χ0v) is 8.54. The normalized spacial score (nSPS) is 10.3. The summed E-state index contributed by atoms with van der Waals surface area (Å²) in [4.78, 5) is 10.3. The molecule has 6 heteroatoms. The van der Waals surface area contributed by atoms with Crippen molar-refractivity contribution in [3.05, 3.63) is 16.8 Å². The Morgan fingerprint density at radius 1 is 1.57 bits per heavy atom. The first-order chi connectivity index (χ1) is 6.50. The summed E-state index contributed by atoms with van der Waals surface area (Å²) in [7, 11) is 0. The van der Waals surface area contributed by atoms with Gasteiger partial charge < -0.3 is 5.11 Å². The summed E-state index contributed by atoms with van der Waals surface area (Å²) in [6.45, 7) is 3.88. The Hall–Kier alpha value is -1.36. The molecule has 0 aliphatic rings. The third kappa shape index (κ3) is 2.56. The predicted molar refractivity (Wildman–Crippen MR) is 52.8 cm³/mol. The highest BCUT2D eigenvalue weighted by molar-refractivity contribution is 6.30. The van der Waals surface area contributed by atoms with Crippen LogP contribution in [-0.4, -0.2) is 21.4 Å². The Kier molecular flexibility index (Phi) is 3.24. The molecule has 0 fully saturated rings. The first-order valence-corrected chi connectivity index (χ1v) is 4.41. The van der Waals surface area contributed by atoms with Gasteiger partial charge in [0.2, 0.25) is 0 Å². The van der Waals surface area contributed by atoms with Gasteiger partial charge in [0.25, 0.3) is 0 Å². The molecule has 0 aliphatic heterocycles. The molecule has 0 radical (unpaired) electrons. The van der Waals surface area contributed by atoms with Crippen molar-refractivity contribution >= 4 is 23.5 Å². The first-order valence-electron chi connectivity index (χ1n) is 4.03. The van der Waals surface area contributed by atoms with Crippen LogP contribution in [0.15, 0.2) is 6.07 Å². The molecule has 0 spiro atoms. The van der Waals surface area contributed by atoms with Crippen LogP contribution in [0.25, 0.3) is 0 Å². The monoisotopic (exact) mass is 215 g/mol. The predicted octanol–water partition coefficient (Wildman–Crippen LogP) is 2.34. The molecule has 5 nitrogen and oxygen atoms in total. The molecule has 0 aromatic carbocycles. The third-order valence-electron chi connectivity index (χ3n) is 1.63. The smallest absolute Gasteiger partial charge is 0.410 e. The zero-order chi connectivity index (χ0) is 10.7. The van der Waals surface area contributed by atoms with Crippen LogP contribution in [-0.2, 0) is 0 Å². The number of hydrogen-bond acceptors (Lipinski definition) is 3. The summed E-state index contributed by atoms with van der Waals surface area (Å²) < 4.78 is 0. The topological polar surface area (TPSA) is 75.1 Å². The first kappa shape index (κ1) is 10.7. The van der Waals surface area contributed by atoms with Crippen LogP contribution in [0.1, 0.15) is 25.3 Å². The van der Waals surface area contributed by atoms with Crippen LogP contribution in [0.2, 0.25) is 5.15 Å². The van der Waals surface area contributed by atoms with Gasteiger partial charge in [-0.05, 0) is 17.5 Å². The highest BCUT2D eigenvalue weighted by Gasteiger charge is 2.09. The zero-order valence-electron chi connectivity index (χ0n) is 7.78. The number of carboxylic acid groups (broad SMARTS) is 1. The Labute approximate surface area is 86.1 Å². The summed E-state index contributed by atoms with van der Waals surface area (Å²) in [6.07, 6.45) is -1.17. The molecule has 0 saturated carbocycles. The second-order valence-corrected chi connectivity index (χ2v) is 3.42. The van der Waals surface area contributed by atoms with Crippen LogP contribution in [0, 0.1) is 0 Å². The van der Waals surface area contributed by atoms with Gasteiger partial charge in [-0.2, -0.15) is 0 Å². The largest absolute Gasteiger partial charge is 0.465 e. The van der Waals surface area contributed by atoms with Crippen molar-refractivity contribution in [3.63, 3.8) is 0 Å². The van der Waals surface area contributed by atoms with Gasteiger partial charge in [-0.15, -0.1) is 10.2 Å². The number of anilines is 1. The van der Waals surface area contributed by atoms with E-state index in [1.807, 2.05) is 13.8 Å². The van der Waals surface area contributed by atoms with E-state index in [2.05, 4.69) is 15.5 Å². The van der Waals surface area contributed by atoms with Crippen molar-refractivity contribution in [1.29, 1.82) is 0 Å². The standard InChI is InChI=1S/C8H10ClN3O2/c1-4(2)5-3-6(10-8(13)14)11-12-7(5)9/h3-4H,1-2H3,(H,10,11)(H,13,14). The maximum atomic E-state index is 10.3. The van der Waals surface area contributed by atoms with Gasteiger partial charge in [0.1, 0.15) is 0 Å². The van der Waals surface area contributed by atoms with E-state index in [1.54, 1.807) is 6.07 Å². The van der Waals surface area contributed by atoms with Crippen molar-refractivity contribution in [3.8, 4) is 0 Å². The average molecular weight is 216 g/mol. The molecule has 0 unspecified atom stereocenters. The van der Waals surface area contributed by atoms with Crippen LogP contribution in [0.5, 0.6) is 0 Å². The lowest BCUT2D eigenvalue weighted by Gasteiger charge is -2.07. The molecular formula is C8H10ClN3O2. The van der Waals surface area contributed by atoms with E-state index < -0.39 is 6.09 Å². The Morgan fingerprint density at radius 2 is 2.21 bits per heavy atom. The highest BCUT2D eigenvalue weighted by atomic mass is 35.5. The van der Waals surface area contributed by atoms with E-state index in [9.17, 15) is 4.79 Å². The molecule has 1 amide bonds. The fourth-order valence-corrected chi connectivity index (χ4v) is 1.28. The fraction of sp³-hybridized carbons (Fsp3) is 0.375. The number of nitrogens with zero attached hydrogens (tertiary/aromatic N) is 2. The van der Waals surface area contributed by atoms with Crippen molar-refractivity contribution in [1.82, 2.24) is 10.2 Å². The van der Waals surface area contributed by atoms with Gasteiger partial charge in [0.15, 0.2) is 11.0 Å². The van der Waals surface area contributed by atoms with Gasteiger partial charge in [-0.25, -0.2) is 4.79 Å². The van der Waals surface area contributed by atoms with E-state index in [4.69, 9.17) is 16.7 Å².